The molecule has 0 atom stereocenters. The van der Waals surface area contributed by atoms with E-state index in [0.717, 1.165) is 0 Å². The number of hydrogen-bond donors (Lipinski definition) is 3. The van der Waals surface area contributed by atoms with Gasteiger partial charge in [0.05, 0.1) is 7.11 Å². The van der Waals surface area contributed by atoms with Crippen LogP contribution >= 0.6 is 0 Å². The minimum atomic E-state index is -4.67. The Morgan fingerprint density at radius 3 is 1.87 bits per heavy atom. The van der Waals surface area contributed by atoms with Crippen molar-refractivity contribution in [1.82, 2.24) is 0 Å². The van der Waals surface area contributed by atoms with Crippen LogP contribution in [0.25, 0.3) is 0 Å². The maximum absolute atomic E-state index is 8.99. The molecule has 1 aromatic rings. The zero-order chi connectivity index (χ0) is 11.2. The van der Waals surface area contributed by atoms with Crippen molar-refractivity contribution in [3.8, 4) is 11.5 Å². The molecule has 0 unspecified atom stereocenters. The molecule has 0 heterocycles. The van der Waals surface area contributed by atoms with E-state index in [4.69, 9.17) is 27.4 Å². The molecule has 0 aromatic heterocycles. The molecule has 15 heavy (non-hydrogen) atoms. The van der Waals surface area contributed by atoms with E-state index in [1.54, 1.807) is 24.3 Å². The van der Waals surface area contributed by atoms with Crippen LogP contribution in [0.2, 0.25) is 0 Å². The molecule has 0 radical (unpaired) electrons. The van der Waals surface area contributed by atoms with Gasteiger partial charge in [-0.15, -0.1) is 0 Å². The summed E-state index contributed by atoms with van der Waals surface area (Å²) in [5.41, 5.74) is 0. The van der Waals surface area contributed by atoms with Gasteiger partial charge in [-0.1, -0.05) is 12.1 Å². The van der Waals surface area contributed by atoms with Gasteiger partial charge in [0.1, 0.15) is 0 Å². The zero-order valence-electron chi connectivity index (χ0n) is 7.28. The van der Waals surface area contributed by atoms with Crippen molar-refractivity contribution in [2.45, 2.75) is 0 Å². The Bertz CT molecular complexity index is 369. The van der Waals surface area contributed by atoms with Gasteiger partial charge < -0.3 is 9.84 Å². The van der Waals surface area contributed by atoms with E-state index < -0.39 is 10.4 Å². The molecule has 0 saturated carbocycles. The van der Waals surface area contributed by atoms with Crippen LogP contribution in [0.15, 0.2) is 24.3 Å². The molecular formula is C7H11KO6S. The molecular weight excluding hydrogens is 251 g/mol. The van der Waals surface area contributed by atoms with Crippen LogP contribution in [0, 0.1) is 0 Å². The van der Waals surface area contributed by atoms with E-state index in [1.807, 2.05) is 0 Å². The first-order valence-corrected chi connectivity index (χ1v) is 4.76. The second kappa shape index (κ2) is 8.48. The second-order valence-electron chi connectivity index (χ2n) is 2.12. The number of phenolic OH excluding ortho intramolecular Hbond substituents is 1. The second-order valence-corrected chi connectivity index (χ2v) is 3.02. The van der Waals surface area contributed by atoms with E-state index in [-0.39, 0.29) is 57.1 Å². The van der Waals surface area contributed by atoms with Crippen LogP contribution in [0.4, 0.5) is 0 Å². The molecule has 0 fully saturated rings. The summed E-state index contributed by atoms with van der Waals surface area (Å²) in [6.07, 6.45) is 0. The summed E-state index contributed by atoms with van der Waals surface area (Å²) in [4.78, 5) is 0. The van der Waals surface area contributed by atoms with Gasteiger partial charge in [0.2, 0.25) is 0 Å². The summed E-state index contributed by atoms with van der Waals surface area (Å²) in [6, 6.07) is 6.84. The van der Waals surface area contributed by atoms with Gasteiger partial charge in [0, 0.05) is 0 Å². The predicted molar refractivity (Wildman–Crippen MR) is 56.0 cm³/mol. The first kappa shape index (κ1) is 17.7. The third-order valence-electron chi connectivity index (χ3n) is 1.09. The fraction of sp³-hybridized carbons (Fsp3) is 0.143. The van der Waals surface area contributed by atoms with Crippen LogP contribution in [-0.4, -0.2) is 81.1 Å². The quantitative estimate of drug-likeness (QED) is 0.490. The molecule has 3 N–H and O–H groups in total. The summed E-state index contributed by atoms with van der Waals surface area (Å²) in [6.45, 7) is 0. The van der Waals surface area contributed by atoms with E-state index in [0.29, 0.717) is 5.75 Å². The molecule has 0 aliphatic heterocycles. The monoisotopic (exact) mass is 262 g/mol. The number of methoxy groups -OCH3 is 1. The third-order valence-corrected chi connectivity index (χ3v) is 1.09. The topological polar surface area (TPSA) is 104 Å². The van der Waals surface area contributed by atoms with Crippen LogP contribution < -0.4 is 4.74 Å². The Labute approximate surface area is 130 Å². The Hall–Kier alpha value is 0.326. The molecule has 0 bridgehead atoms. The zero-order valence-corrected chi connectivity index (χ0v) is 8.10. The van der Waals surface area contributed by atoms with Crippen LogP contribution in [0.5, 0.6) is 11.5 Å². The van der Waals surface area contributed by atoms with Gasteiger partial charge in [-0.25, -0.2) is 0 Å². The predicted octanol–water partition coefficient (Wildman–Crippen LogP) is 0.0995. The van der Waals surface area contributed by atoms with Crippen LogP contribution in [-0.2, 0) is 10.4 Å². The number of rotatable bonds is 1. The molecule has 0 aliphatic rings. The molecule has 1 rings (SSSR count). The molecule has 0 aliphatic carbocycles. The SMILES string of the molecule is COc1ccccc1O.O=S(=O)(O)O.[KH]. The summed E-state index contributed by atoms with van der Waals surface area (Å²) in [7, 11) is -3.14. The summed E-state index contributed by atoms with van der Waals surface area (Å²) in [5, 5.41) is 8.99. The van der Waals surface area contributed by atoms with Crippen molar-refractivity contribution in [2.75, 3.05) is 7.11 Å². The first-order valence-electron chi connectivity index (χ1n) is 3.36. The molecule has 0 saturated heterocycles. The normalized spacial score (nSPS) is 9.27. The van der Waals surface area contributed by atoms with Crippen molar-refractivity contribution in [1.29, 1.82) is 0 Å². The van der Waals surface area contributed by atoms with Gasteiger partial charge in [0.25, 0.3) is 0 Å². The van der Waals surface area contributed by atoms with E-state index in [9.17, 15) is 0 Å². The number of aromatic hydroxyl groups is 1. The molecule has 0 amide bonds. The summed E-state index contributed by atoms with van der Waals surface area (Å²) >= 11 is 0. The van der Waals surface area contributed by atoms with Crippen molar-refractivity contribution in [3.05, 3.63) is 24.3 Å². The van der Waals surface area contributed by atoms with Crippen LogP contribution in [0.3, 0.4) is 0 Å². The average molecular weight is 262 g/mol. The van der Waals surface area contributed by atoms with Crippen molar-refractivity contribution in [2.24, 2.45) is 0 Å². The van der Waals surface area contributed by atoms with Gasteiger partial charge in [-0.3, -0.25) is 9.11 Å². The molecule has 6 nitrogen and oxygen atoms in total. The molecule has 0 spiro atoms. The van der Waals surface area contributed by atoms with E-state index in [1.165, 1.54) is 7.11 Å². The maximum atomic E-state index is 8.99. The fourth-order valence-electron chi connectivity index (χ4n) is 0.630. The van der Waals surface area contributed by atoms with Crippen molar-refractivity contribution >= 4 is 61.8 Å². The number of hydrogen-bond acceptors (Lipinski definition) is 4. The minimum absolute atomic E-state index is 0. The number of para-hydroxylation sites is 2. The van der Waals surface area contributed by atoms with Gasteiger partial charge >= 0.3 is 61.8 Å². The number of phenols is 1. The summed E-state index contributed by atoms with van der Waals surface area (Å²) in [5.74, 6) is 0.692. The Kier molecular flexibility index (Phi) is 10.0. The van der Waals surface area contributed by atoms with Crippen molar-refractivity contribution < 1.29 is 27.4 Å². The van der Waals surface area contributed by atoms with E-state index in [2.05, 4.69) is 0 Å². The van der Waals surface area contributed by atoms with E-state index >= 15 is 0 Å². The van der Waals surface area contributed by atoms with Crippen molar-refractivity contribution in [3.63, 3.8) is 0 Å². The molecule has 1 aromatic carbocycles. The summed E-state index contributed by atoms with van der Waals surface area (Å²) < 4.78 is 36.4. The Morgan fingerprint density at radius 2 is 1.60 bits per heavy atom. The fourth-order valence-corrected chi connectivity index (χ4v) is 0.630. The van der Waals surface area contributed by atoms with Gasteiger partial charge in [-0.05, 0) is 12.1 Å². The third kappa shape index (κ3) is 12.3. The average Bonchev–Trinajstić information content (AvgIpc) is 2.02. The molecule has 82 valence electrons. The number of ether oxygens (including phenoxy) is 1. The number of benzene rings is 1. The standard InChI is InChI=1S/C7H8O2.K.H2O4S.H/c1-9-7-5-3-2-4-6(7)8;;1-5(2,3)4;/h2-5,8H,1H3;;(H2,1,2,3,4);. The Balaban J connectivity index is 0. The first-order chi connectivity index (χ1) is 6.34. The Morgan fingerprint density at radius 1 is 1.20 bits per heavy atom. The van der Waals surface area contributed by atoms with Gasteiger partial charge in [0.15, 0.2) is 11.5 Å². The van der Waals surface area contributed by atoms with Gasteiger partial charge in [-0.2, -0.15) is 8.42 Å². The molecule has 8 heteroatoms. The van der Waals surface area contributed by atoms with Crippen LogP contribution in [0.1, 0.15) is 0 Å².